The smallest absolute Gasteiger partial charge is 0.123 e. The molecule has 0 radical (unpaired) electrons. The minimum atomic E-state index is 0.0850. The largest absolute Gasteiger partial charge is 0.496 e. The first-order valence-corrected chi connectivity index (χ1v) is 7.61. The van der Waals surface area contributed by atoms with Gasteiger partial charge in [-0.1, -0.05) is 13.0 Å². The number of methoxy groups -OCH3 is 1. The SMILES string of the molecule is COc1ccc(CO)cc1CN(C)C1CCC(C)CC1. The molecule has 0 aromatic heterocycles. The Labute approximate surface area is 122 Å². The van der Waals surface area contributed by atoms with Gasteiger partial charge in [-0.3, -0.25) is 4.90 Å². The van der Waals surface area contributed by atoms with Gasteiger partial charge in [0.15, 0.2) is 0 Å². The Morgan fingerprint density at radius 3 is 2.55 bits per heavy atom. The van der Waals surface area contributed by atoms with Gasteiger partial charge in [0.25, 0.3) is 0 Å². The molecular formula is C17H27NO2. The number of aliphatic hydroxyl groups excluding tert-OH is 1. The Hall–Kier alpha value is -1.06. The molecule has 3 nitrogen and oxygen atoms in total. The normalized spacial score (nSPS) is 23.1. The van der Waals surface area contributed by atoms with E-state index in [1.807, 2.05) is 12.1 Å². The molecule has 0 aliphatic heterocycles. The van der Waals surface area contributed by atoms with Crippen molar-refractivity contribution in [2.75, 3.05) is 14.2 Å². The highest BCUT2D eigenvalue weighted by atomic mass is 16.5. The summed E-state index contributed by atoms with van der Waals surface area (Å²) in [5.74, 6) is 1.80. The lowest BCUT2D eigenvalue weighted by atomic mass is 9.86. The Kier molecular flexibility index (Phi) is 5.44. The summed E-state index contributed by atoms with van der Waals surface area (Å²) >= 11 is 0. The second-order valence-corrected chi connectivity index (χ2v) is 6.13. The molecule has 1 fully saturated rings. The summed E-state index contributed by atoms with van der Waals surface area (Å²) in [6.07, 6.45) is 5.25. The van der Waals surface area contributed by atoms with Crippen LogP contribution in [-0.2, 0) is 13.2 Å². The van der Waals surface area contributed by atoms with Gasteiger partial charge in [0, 0.05) is 18.2 Å². The summed E-state index contributed by atoms with van der Waals surface area (Å²) in [5.41, 5.74) is 2.12. The van der Waals surface area contributed by atoms with Crippen molar-refractivity contribution in [1.29, 1.82) is 0 Å². The van der Waals surface area contributed by atoms with Crippen molar-refractivity contribution in [2.45, 2.75) is 51.8 Å². The fourth-order valence-corrected chi connectivity index (χ4v) is 3.13. The average molecular weight is 277 g/mol. The van der Waals surface area contributed by atoms with Crippen LogP contribution >= 0.6 is 0 Å². The number of hydrogen-bond donors (Lipinski definition) is 1. The van der Waals surface area contributed by atoms with Crippen molar-refractivity contribution >= 4 is 0 Å². The van der Waals surface area contributed by atoms with Gasteiger partial charge in [-0.05, 0) is 56.3 Å². The van der Waals surface area contributed by atoms with Crippen molar-refractivity contribution in [3.05, 3.63) is 29.3 Å². The van der Waals surface area contributed by atoms with E-state index in [1.54, 1.807) is 7.11 Å². The number of benzene rings is 1. The highest BCUT2D eigenvalue weighted by molar-refractivity contribution is 5.37. The zero-order chi connectivity index (χ0) is 14.5. The van der Waals surface area contributed by atoms with Gasteiger partial charge in [-0.15, -0.1) is 0 Å². The first-order chi connectivity index (χ1) is 9.63. The Bertz CT molecular complexity index is 425. The number of rotatable bonds is 5. The lowest BCUT2D eigenvalue weighted by molar-refractivity contribution is 0.162. The highest BCUT2D eigenvalue weighted by Crippen LogP contribution is 2.29. The van der Waals surface area contributed by atoms with E-state index in [1.165, 1.54) is 31.2 Å². The van der Waals surface area contributed by atoms with E-state index in [-0.39, 0.29) is 6.61 Å². The highest BCUT2D eigenvalue weighted by Gasteiger charge is 2.22. The van der Waals surface area contributed by atoms with E-state index in [9.17, 15) is 5.11 Å². The van der Waals surface area contributed by atoms with E-state index < -0.39 is 0 Å². The van der Waals surface area contributed by atoms with Gasteiger partial charge in [-0.2, -0.15) is 0 Å². The van der Waals surface area contributed by atoms with Crippen molar-refractivity contribution < 1.29 is 9.84 Å². The fraction of sp³-hybridized carbons (Fsp3) is 0.647. The topological polar surface area (TPSA) is 32.7 Å². The van der Waals surface area contributed by atoms with Crippen LogP contribution in [0, 0.1) is 5.92 Å². The van der Waals surface area contributed by atoms with Gasteiger partial charge < -0.3 is 9.84 Å². The molecule has 0 amide bonds. The van der Waals surface area contributed by atoms with Crippen LogP contribution in [0.15, 0.2) is 18.2 Å². The summed E-state index contributed by atoms with van der Waals surface area (Å²) in [6.45, 7) is 3.32. The summed E-state index contributed by atoms with van der Waals surface area (Å²) in [6, 6.07) is 6.61. The fourth-order valence-electron chi connectivity index (χ4n) is 3.13. The second-order valence-electron chi connectivity index (χ2n) is 6.13. The van der Waals surface area contributed by atoms with E-state index in [2.05, 4.69) is 24.9 Å². The molecule has 1 aliphatic rings. The zero-order valence-electron chi connectivity index (χ0n) is 12.9. The predicted molar refractivity (Wildman–Crippen MR) is 81.8 cm³/mol. The van der Waals surface area contributed by atoms with Gasteiger partial charge in [0.05, 0.1) is 13.7 Å². The van der Waals surface area contributed by atoms with Crippen molar-refractivity contribution in [3.8, 4) is 5.75 Å². The molecular weight excluding hydrogens is 250 g/mol. The molecule has 1 aromatic rings. The third kappa shape index (κ3) is 3.74. The summed E-state index contributed by atoms with van der Waals surface area (Å²) in [4.78, 5) is 2.44. The molecule has 0 bridgehead atoms. The maximum Gasteiger partial charge on any atom is 0.123 e. The predicted octanol–water partition coefficient (Wildman–Crippen LogP) is 3.20. The minimum absolute atomic E-state index is 0.0850. The lowest BCUT2D eigenvalue weighted by Crippen LogP contribution is -2.34. The molecule has 0 heterocycles. The summed E-state index contributed by atoms with van der Waals surface area (Å²) in [5, 5.41) is 9.28. The van der Waals surface area contributed by atoms with Gasteiger partial charge >= 0.3 is 0 Å². The van der Waals surface area contributed by atoms with Gasteiger partial charge in [-0.25, -0.2) is 0 Å². The van der Waals surface area contributed by atoms with E-state index >= 15 is 0 Å². The molecule has 112 valence electrons. The van der Waals surface area contributed by atoms with Gasteiger partial charge in [0.2, 0.25) is 0 Å². The van der Waals surface area contributed by atoms with Crippen molar-refractivity contribution in [1.82, 2.24) is 4.90 Å². The van der Waals surface area contributed by atoms with Crippen LogP contribution in [0.25, 0.3) is 0 Å². The molecule has 0 spiro atoms. The Balaban J connectivity index is 2.04. The molecule has 0 unspecified atom stereocenters. The Morgan fingerprint density at radius 1 is 1.25 bits per heavy atom. The van der Waals surface area contributed by atoms with Crippen LogP contribution in [0.3, 0.4) is 0 Å². The first-order valence-electron chi connectivity index (χ1n) is 7.61. The number of nitrogens with zero attached hydrogens (tertiary/aromatic N) is 1. The second kappa shape index (κ2) is 7.09. The Morgan fingerprint density at radius 2 is 1.95 bits per heavy atom. The van der Waals surface area contributed by atoms with Crippen LogP contribution in [0.5, 0.6) is 5.75 Å². The van der Waals surface area contributed by atoms with Crippen molar-refractivity contribution in [3.63, 3.8) is 0 Å². The van der Waals surface area contributed by atoms with Crippen LogP contribution in [0.4, 0.5) is 0 Å². The average Bonchev–Trinajstić information content (AvgIpc) is 2.47. The quantitative estimate of drug-likeness (QED) is 0.897. The molecule has 3 heteroatoms. The van der Waals surface area contributed by atoms with Gasteiger partial charge in [0.1, 0.15) is 5.75 Å². The third-order valence-corrected chi connectivity index (χ3v) is 4.56. The number of hydrogen-bond acceptors (Lipinski definition) is 3. The van der Waals surface area contributed by atoms with Crippen LogP contribution in [0.1, 0.15) is 43.7 Å². The number of aliphatic hydroxyl groups is 1. The molecule has 20 heavy (non-hydrogen) atoms. The minimum Gasteiger partial charge on any atom is -0.496 e. The molecule has 0 saturated heterocycles. The molecule has 1 saturated carbocycles. The van der Waals surface area contributed by atoms with E-state index in [0.29, 0.717) is 6.04 Å². The lowest BCUT2D eigenvalue weighted by Gasteiger charge is -2.34. The first kappa shape index (κ1) is 15.3. The van der Waals surface area contributed by atoms with Crippen molar-refractivity contribution in [2.24, 2.45) is 5.92 Å². The maximum absolute atomic E-state index is 9.28. The molecule has 1 N–H and O–H groups in total. The van der Waals surface area contributed by atoms with Crippen LogP contribution in [-0.4, -0.2) is 30.2 Å². The standard InChI is InChI=1S/C17H27NO2/c1-13-4-7-16(8-5-13)18(2)11-15-10-14(12-19)6-9-17(15)20-3/h6,9-10,13,16,19H,4-5,7-8,11-12H2,1-3H3. The van der Waals surface area contributed by atoms with Crippen LogP contribution in [0.2, 0.25) is 0 Å². The van der Waals surface area contributed by atoms with E-state index in [0.717, 1.165) is 23.8 Å². The zero-order valence-corrected chi connectivity index (χ0v) is 12.9. The van der Waals surface area contributed by atoms with Crippen LogP contribution < -0.4 is 4.74 Å². The van der Waals surface area contributed by atoms with E-state index in [4.69, 9.17) is 4.74 Å². The summed E-state index contributed by atoms with van der Waals surface area (Å²) in [7, 11) is 3.91. The third-order valence-electron chi connectivity index (χ3n) is 4.56. The molecule has 2 rings (SSSR count). The summed E-state index contributed by atoms with van der Waals surface area (Å²) < 4.78 is 5.44. The number of ether oxygens (including phenoxy) is 1. The molecule has 0 atom stereocenters. The molecule has 1 aliphatic carbocycles. The monoisotopic (exact) mass is 277 g/mol. The maximum atomic E-state index is 9.28. The molecule has 1 aromatic carbocycles.